The van der Waals surface area contributed by atoms with Gasteiger partial charge in [-0.05, 0) is 0 Å². The number of rotatable bonds is 2. The Kier molecular flexibility index (Phi) is 3.29. The van der Waals surface area contributed by atoms with Gasteiger partial charge in [0.1, 0.15) is 11.6 Å². The maximum Gasteiger partial charge on any atom is 0.144 e. The van der Waals surface area contributed by atoms with Gasteiger partial charge in [-0.15, -0.1) is 0 Å². The zero-order valence-electron chi connectivity index (χ0n) is 12.5. The molecule has 0 saturated heterocycles. The van der Waals surface area contributed by atoms with Gasteiger partial charge in [0.25, 0.3) is 0 Å². The summed E-state index contributed by atoms with van der Waals surface area (Å²) in [5.74, 6) is 1.73. The highest BCUT2D eigenvalue weighted by Gasteiger charge is 2.17. The first-order chi connectivity index (χ1) is 10.1. The number of hydrogen-bond donors (Lipinski definition) is 0. The molecule has 0 spiro atoms. The van der Waals surface area contributed by atoms with E-state index < -0.39 is 0 Å². The van der Waals surface area contributed by atoms with Crippen LogP contribution in [0.3, 0.4) is 0 Å². The Balaban J connectivity index is 2.01. The third-order valence-electron chi connectivity index (χ3n) is 3.26. The van der Waals surface area contributed by atoms with Crippen LogP contribution in [-0.4, -0.2) is 19.5 Å². The third kappa shape index (κ3) is 2.70. The molecule has 0 fully saturated rings. The van der Waals surface area contributed by atoms with Crippen molar-refractivity contribution in [3.63, 3.8) is 0 Å². The SMILES string of the molecule is CC(C)(C)c1ncc(-n2ccnc2-c2ccccc2)cn1. The second kappa shape index (κ2) is 5.13. The molecule has 2 heterocycles. The fourth-order valence-corrected chi connectivity index (χ4v) is 2.15. The fraction of sp³-hybridized carbons (Fsp3) is 0.235. The first-order valence-electron chi connectivity index (χ1n) is 6.97. The van der Waals surface area contributed by atoms with Gasteiger partial charge in [0.2, 0.25) is 0 Å². The minimum absolute atomic E-state index is 0.0459. The zero-order chi connectivity index (χ0) is 14.9. The van der Waals surface area contributed by atoms with Crippen LogP contribution in [-0.2, 0) is 5.41 Å². The van der Waals surface area contributed by atoms with Crippen LogP contribution < -0.4 is 0 Å². The third-order valence-corrected chi connectivity index (χ3v) is 3.26. The van der Waals surface area contributed by atoms with Gasteiger partial charge in [-0.1, -0.05) is 51.1 Å². The minimum Gasteiger partial charge on any atom is -0.297 e. The monoisotopic (exact) mass is 278 g/mol. The highest BCUT2D eigenvalue weighted by atomic mass is 15.1. The van der Waals surface area contributed by atoms with Crippen molar-refractivity contribution in [2.45, 2.75) is 26.2 Å². The van der Waals surface area contributed by atoms with E-state index in [-0.39, 0.29) is 5.41 Å². The van der Waals surface area contributed by atoms with Crippen molar-refractivity contribution >= 4 is 0 Å². The van der Waals surface area contributed by atoms with Crippen LogP contribution in [0.5, 0.6) is 0 Å². The Morgan fingerprint density at radius 2 is 1.57 bits per heavy atom. The molecule has 0 bridgehead atoms. The summed E-state index contributed by atoms with van der Waals surface area (Å²) >= 11 is 0. The average Bonchev–Trinajstić information content (AvgIpc) is 2.97. The van der Waals surface area contributed by atoms with Gasteiger partial charge in [0.05, 0.1) is 18.1 Å². The van der Waals surface area contributed by atoms with Crippen molar-refractivity contribution in [3.05, 3.63) is 60.9 Å². The van der Waals surface area contributed by atoms with E-state index >= 15 is 0 Å². The van der Waals surface area contributed by atoms with Crippen molar-refractivity contribution in [2.24, 2.45) is 0 Å². The molecule has 0 atom stereocenters. The first kappa shape index (κ1) is 13.5. The normalized spacial score (nSPS) is 11.6. The molecule has 4 nitrogen and oxygen atoms in total. The second-order valence-corrected chi connectivity index (χ2v) is 6.00. The summed E-state index contributed by atoms with van der Waals surface area (Å²) in [5.41, 5.74) is 1.94. The highest BCUT2D eigenvalue weighted by molar-refractivity contribution is 5.58. The zero-order valence-corrected chi connectivity index (χ0v) is 12.5. The summed E-state index contributed by atoms with van der Waals surface area (Å²) in [7, 11) is 0. The molecule has 0 radical (unpaired) electrons. The number of hydrogen-bond acceptors (Lipinski definition) is 3. The molecule has 4 heteroatoms. The molecule has 3 aromatic rings. The molecule has 0 aliphatic heterocycles. The van der Waals surface area contributed by atoms with Gasteiger partial charge in [0.15, 0.2) is 0 Å². The maximum atomic E-state index is 4.48. The Morgan fingerprint density at radius 3 is 2.19 bits per heavy atom. The Bertz CT molecular complexity index is 721. The van der Waals surface area contributed by atoms with Crippen molar-refractivity contribution < 1.29 is 0 Å². The lowest BCUT2D eigenvalue weighted by Crippen LogP contribution is -2.16. The maximum absolute atomic E-state index is 4.48. The quantitative estimate of drug-likeness (QED) is 0.719. The number of imidazole rings is 1. The van der Waals surface area contributed by atoms with Crippen LogP contribution in [0.15, 0.2) is 55.1 Å². The molecule has 0 saturated carbocycles. The van der Waals surface area contributed by atoms with Crippen molar-refractivity contribution in [2.75, 3.05) is 0 Å². The molecule has 21 heavy (non-hydrogen) atoms. The molecular formula is C17H18N4. The summed E-state index contributed by atoms with van der Waals surface area (Å²) < 4.78 is 2.00. The van der Waals surface area contributed by atoms with E-state index in [9.17, 15) is 0 Å². The number of nitrogens with zero attached hydrogens (tertiary/aromatic N) is 4. The van der Waals surface area contributed by atoms with Gasteiger partial charge in [-0.2, -0.15) is 0 Å². The van der Waals surface area contributed by atoms with E-state index in [4.69, 9.17) is 0 Å². The van der Waals surface area contributed by atoms with Crippen LogP contribution in [0.25, 0.3) is 17.1 Å². The van der Waals surface area contributed by atoms with E-state index in [1.807, 2.05) is 53.5 Å². The van der Waals surface area contributed by atoms with Crippen molar-refractivity contribution in [3.8, 4) is 17.1 Å². The predicted octanol–water partition coefficient (Wildman–Crippen LogP) is 3.63. The summed E-state index contributed by atoms with van der Waals surface area (Å²) in [6, 6.07) is 10.1. The Hall–Kier alpha value is -2.49. The smallest absolute Gasteiger partial charge is 0.144 e. The standard InChI is InChI=1S/C17H18N4/c1-17(2,3)16-19-11-14(12-20-16)21-10-9-18-15(21)13-7-5-4-6-8-13/h4-12H,1-3H3. The first-order valence-corrected chi connectivity index (χ1v) is 6.97. The van der Waals surface area contributed by atoms with Crippen LogP contribution in [0, 0.1) is 0 Å². The molecule has 106 valence electrons. The van der Waals surface area contributed by atoms with Crippen LogP contribution in [0.2, 0.25) is 0 Å². The molecular weight excluding hydrogens is 260 g/mol. The van der Waals surface area contributed by atoms with Crippen LogP contribution in [0.4, 0.5) is 0 Å². The van der Waals surface area contributed by atoms with E-state index in [0.29, 0.717) is 0 Å². The highest BCUT2D eigenvalue weighted by Crippen LogP contribution is 2.22. The summed E-state index contributed by atoms with van der Waals surface area (Å²) in [6.45, 7) is 6.32. The lowest BCUT2D eigenvalue weighted by Gasteiger charge is -2.16. The Labute approximate surface area is 124 Å². The number of aromatic nitrogens is 4. The molecule has 2 aromatic heterocycles. The van der Waals surface area contributed by atoms with Crippen molar-refractivity contribution in [1.82, 2.24) is 19.5 Å². The van der Waals surface area contributed by atoms with E-state index in [0.717, 1.165) is 22.9 Å². The van der Waals surface area contributed by atoms with E-state index in [1.165, 1.54) is 0 Å². The average molecular weight is 278 g/mol. The lowest BCUT2D eigenvalue weighted by atomic mass is 9.96. The molecule has 1 aromatic carbocycles. The van der Waals surface area contributed by atoms with Crippen molar-refractivity contribution in [1.29, 1.82) is 0 Å². The topological polar surface area (TPSA) is 43.6 Å². The van der Waals surface area contributed by atoms with E-state index in [2.05, 4.69) is 35.7 Å². The fourth-order valence-electron chi connectivity index (χ4n) is 2.15. The van der Waals surface area contributed by atoms with E-state index in [1.54, 1.807) is 6.20 Å². The van der Waals surface area contributed by atoms with Crippen LogP contribution >= 0.6 is 0 Å². The van der Waals surface area contributed by atoms with Crippen LogP contribution in [0.1, 0.15) is 26.6 Å². The summed E-state index contributed by atoms with van der Waals surface area (Å²) in [4.78, 5) is 13.4. The lowest BCUT2D eigenvalue weighted by molar-refractivity contribution is 0.544. The van der Waals surface area contributed by atoms with Gasteiger partial charge < -0.3 is 0 Å². The molecule has 0 aliphatic rings. The Morgan fingerprint density at radius 1 is 0.905 bits per heavy atom. The largest absolute Gasteiger partial charge is 0.297 e. The van der Waals surface area contributed by atoms with Gasteiger partial charge in [0, 0.05) is 23.4 Å². The molecule has 3 rings (SSSR count). The van der Waals surface area contributed by atoms with Gasteiger partial charge in [-0.25, -0.2) is 15.0 Å². The van der Waals surface area contributed by atoms with Gasteiger partial charge in [-0.3, -0.25) is 4.57 Å². The molecule has 0 aliphatic carbocycles. The second-order valence-electron chi connectivity index (χ2n) is 6.00. The number of benzene rings is 1. The van der Waals surface area contributed by atoms with Gasteiger partial charge >= 0.3 is 0 Å². The predicted molar refractivity (Wildman–Crippen MR) is 83.3 cm³/mol. The molecule has 0 amide bonds. The molecule has 0 unspecified atom stereocenters. The summed E-state index contributed by atoms with van der Waals surface area (Å²) in [5, 5.41) is 0. The minimum atomic E-state index is -0.0459. The molecule has 0 N–H and O–H groups in total. The summed E-state index contributed by atoms with van der Waals surface area (Å²) in [6.07, 6.45) is 7.42.